The molecule has 1 saturated heterocycles. The van der Waals surface area contributed by atoms with Crippen LogP contribution in [0.5, 0.6) is 0 Å². The summed E-state index contributed by atoms with van der Waals surface area (Å²) in [7, 11) is 0. The number of benzene rings is 4. The monoisotopic (exact) mass is 678 g/mol. The van der Waals surface area contributed by atoms with E-state index >= 15 is 0 Å². The minimum absolute atomic E-state index is 0.101. The molecule has 1 fully saturated rings. The van der Waals surface area contributed by atoms with Gasteiger partial charge in [0.1, 0.15) is 23.7 Å². The van der Waals surface area contributed by atoms with E-state index in [1.807, 2.05) is 58.3 Å². The van der Waals surface area contributed by atoms with Gasteiger partial charge in [0.05, 0.1) is 10.0 Å². The van der Waals surface area contributed by atoms with Crippen molar-refractivity contribution in [1.29, 1.82) is 0 Å². The summed E-state index contributed by atoms with van der Waals surface area (Å²) in [5, 5.41) is 12.5. The molecule has 0 aromatic heterocycles. The zero-order valence-corrected chi connectivity index (χ0v) is 27.0. The first-order chi connectivity index (χ1) is 22.8. The van der Waals surface area contributed by atoms with Crippen molar-refractivity contribution in [2.24, 2.45) is 0 Å². The lowest BCUT2D eigenvalue weighted by Gasteiger charge is -2.29. The number of carbonyl (C=O) groups excluding carboxylic acids is 2. The van der Waals surface area contributed by atoms with Crippen molar-refractivity contribution in [3.05, 3.63) is 118 Å². The van der Waals surface area contributed by atoms with Gasteiger partial charge in [0.25, 0.3) is 0 Å². The Morgan fingerprint density at radius 2 is 1.43 bits per heavy atom. The van der Waals surface area contributed by atoms with E-state index in [9.17, 15) is 23.5 Å². The average molecular weight is 680 g/mol. The van der Waals surface area contributed by atoms with Gasteiger partial charge < -0.3 is 25.1 Å². The van der Waals surface area contributed by atoms with E-state index in [-0.39, 0.29) is 40.9 Å². The Bertz CT molecular complexity index is 1760. The van der Waals surface area contributed by atoms with Crippen molar-refractivity contribution < 1.29 is 23.5 Å². The van der Waals surface area contributed by atoms with Crippen LogP contribution in [0.25, 0.3) is 0 Å². The molecule has 244 valence electrons. The summed E-state index contributed by atoms with van der Waals surface area (Å²) in [5.74, 6) is -0.950. The summed E-state index contributed by atoms with van der Waals surface area (Å²) in [6.45, 7) is 1.85. The molecule has 0 saturated carbocycles. The molecule has 3 aliphatic rings. The second-order valence-electron chi connectivity index (χ2n) is 11.6. The summed E-state index contributed by atoms with van der Waals surface area (Å²) in [5.41, 5.74) is 4.80. The highest BCUT2D eigenvalue weighted by Gasteiger charge is 2.40. The largest absolute Gasteiger partial charge is 0.396 e. The first kappa shape index (κ1) is 32.7. The number of halogens is 4. The first-order valence-corrected chi connectivity index (χ1v) is 16.3. The predicted octanol–water partition coefficient (Wildman–Crippen LogP) is 6.88. The maximum absolute atomic E-state index is 13.6. The van der Waals surface area contributed by atoms with E-state index in [4.69, 9.17) is 23.2 Å². The molecule has 0 aliphatic carbocycles. The molecule has 3 aliphatic heterocycles. The number of nitrogens with zero attached hydrogens (tertiary/aromatic N) is 3. The number of aliphatic hydroxyl groups excluding tert-OH is 1. The predicted molar refractivity (Wildman–Crippen MR) is 183 cm³/mol. The minimum Gasteiger partial charge on any atom is -0.396 e. The van der Waals surface area contributed by atoms with Crippen molar-refractivity contribution in [3.63, 3.8) is 0 Å². The first-order valence-electron chi connectivity index (χ1n) is 15.6. The number of rotatable bonds is 7. The second kappa shape index (κ2) is 14.3. The van der Waals surface area contributed by atoms with Gasteiger partial charge >= 0.3 is 0 Å². The second-order valence-corrected chi connectivity index (χ2v) is 12.4. The van der Waals surface area contributed by atoms with Crippen molar-refractivity contribution in [1.82, 2.24) is 0 Å². The molecule has 7 nitrogen and oxygen atoms in total. The molecule has 47 heavy (non-hydrogen) atoms. The fourth-order valence-corrected chi connectivity index (χ4v) is 7.16. The highest BCUT2D eigenvalue weighted by molar-refractivity contribution is 6.32. The fourth-order valence-electron chi connectivity index (χ4n) is 6.65. The number of hydrogen-bond acceptors (Lipinski definition) is 5. The maximum atomic E-state index is 13.6. The summed E-state index contributed by atoms with van der Waals surface area (Å²) < 4.78 is 27.2. The molecule has 3 heterocycles. The zero-order chi connectivity index (χ0) is 33.1. The molecule has 4 aromatic carbocycles. The number of anilines is 4. The number of nitrogens with one attached hydrogen (secondary N) is 1. The number of amides is 2. The molecule has 0 radical (unpaired) electrons. The lowest BCUT2D eigenvalue weighted by atomic mass is 10.1. The van der Waals surface area contributed by atoms with Gasteiger partial charge in [-0.3, -0.25) is 9.59 Å². The smallest absolute Gasteiger partial charge is 0.249 e. The van der Waals surface area contributed by atoms with Gasteiger partial charge in [-0.15, -0.1) is 0 Å². The van der Waals surface area contributed by atoms with Crippen LogP contribution in [0.4, 0.5) is 31.5 Å². The Kier molecular flexibility index (Phi) is 9.96. The summed E-state index contributed by atoms with van der Waals surface area (Å²) >= 11 is 12.1. The number of fused-ring (bicyclic) bond motifs is 2. The van der Waals surface area contributed by atoms with E-state index in [2.05, 4.69) is 10.2 Å². The normalized spacial score (nSPS) is 17.3. The summed E-state index contributed by atoms with van der Waals surface area (Å²) in [4.78, 5) is 31.3. The molecule has 7 rings (SSSR count). The molecule has 2 atom stereocenters. The number of hydrogen-bond donors (Lipinski definition) is 2. The van der Waals surface area contributed by atoms with Crippen molar-refractivity contribution in [2.45, 2.75) is 37.8 Å². The molecule has 1 unspecified atom stereocenters. The maximum Gasteiger partial charge on any atom is 0.249 e. The molecule has 2 amide bonds. The third-order valence-corrected chi connectivity index (χ3v) is 9.73. The topological polar surface area (TPSA) is 76.1 Å². The third kappa shape index (κ3) is 6.66. The van der Waals surface area contributed by atoms with Gasteiger partial charge in [-0.2, -0.15) is 0 Å². The Hall–Kier alpha value is -4.18. The number of aliphatic hydroxyl groups is 1. The number of para-hydroxylation sites is 2. The summed E-state index contributed by atoms with van der Waals surface area (Å²) in [6, 6.07) is 24.2. The molecule has 0 spiro atoms. The van der Waals surface area contributed by atoms with E-state index in [1.54, 1.807) is 24.3 Å². The lowest BCUT2D eigenvalue weighted by molar-refractivity contribution is -0.118. The Labute approximate surface area is 282 Å². The van der Waals surface area contributed by atoms with E-state index in [0.717, 1.165) is 29.0 Å². The van der Waals surface area contributed by atoms with Crippen LogP contribution in [0.15, 0.2) is 84.9 Å². The van der Waals surface area contributed by atoms with E-state index in [1.165, 1.54) is 12.1 Å². The quantitative estimate of drug-likeness (QED) is 0.223. The van der Waals surface area contributed by atoms with Crippen LogP contribution in [0, 0.1) is 11.6 Å². The minimum atomic E-state index is -0.544. The van der Waals surface area contributed by atoms with Crippen LogP contribution in [0.1, 0.15) is 24.0 Å². The fraction of sp³-hybridized carbons (Fsp3) is 0.278. The van der Waals surface area contributed by atoms with Gasteiger partial charge in [0.2, 0.25) is 11.8 Å². The molecule has 0 bridgehead atoms. The van der Waals surface area contributed by atoms with E-state index in [0.29, 0.717) is 43.7 Å². The van der Waals surface area contributed by atoms with Gasteiger partial charge in [0, 0.05) is 49.0 Å². The van der Waals surface area contributed by atoms with Gasteiger partial charge in [-0.1, -0.05) is 59.6 Å². The molecule has 4 aromatic rings. The summed E-state index contributed by atoms with van der Waals surface area (Å²) in [6.07, 6.45) is 2.31. The average Bonchev–Trinajstić information content (AvgIpc) is 3.81. The number of carbonyl (C=O) groups is 2. The highest BCUT2D eigenvalue weighted by atomic mass is 35.5. The van der Waals surface area contributed by atoms with Crippen molar-refractivity contribution in [3.8, 4) is 0 Å². The van der Waals surface area contributed by atoms with Crippen molar-refractivity contribution >= 4 is 57.8 Å². The SMILES string of the molecule is O=C(Nc1ccccc1)[C@H](CCO)N1CCc2c1ccc(F)c2Cl.O=C1C(N2CCc3c2ccc(F)c3Cl)CCN1c1ccccc1. The van der Waals surface area contributed by atoms with Crippen LogP contribution in [-0.2, 0) is 22.4 Å². The van der Waals surface area contributed by atoms with Crippen molar-refractivity contribution in [2.75, 3.05) is 46.3 Å². The van der Waals surface area contributed by atoms with Crippen LogP contribution in [0.2, 0.25) is 10.0 Å². The molecule has 2 N–H and O–H groups in total. The van der Waals surface area contributed by atoms with Crippen LogP contribution in [-0.4, -0.2) is 55.2 Å². The standard InChI is InChI=1S/C18H18ClFN2O2.C18H16ClFN2O/c19-17-13-8-10-22(15(13)7-6-14(17)20)16(9-11-23)18(24)21-12-4-2-1-3-5-12;19-17-13-8-10-22(15(13)7-6-14(17)20)16-9-11-21(18(16)23)12-4-2-1-3-5-12/h1-7,16,23H,8-11H2,(H,21,24);1-7,16H,8-11H2/t16-;/m0./s1. The molecular weight excluding hydrogens is 645 g/mol. The Morgan fingerprint density at radius 1 is 0.830 bits per heavy atom. The van der Waals surface area contributed by atoms with Gasteiger partial charge in [-0.25, -0.2) is 8.78 Å². The molecular formula is C36H34Cl2F2N4O3. The van der Waals surface area contributed by atoms with Crippen LogP contribution >= 0.6 is 23.2 Å². The third-order valence-electron chi connectivity index (χ3n) is 8.91. The highest BCUT2D eigenvalue weighted by Crippen LogP contribution is 2.39. The van der Waals surface area contributed by atoms with Gasteiger partial charge in [0.15, 0.2) is 0 Å². The molecule has 11 heteroatoms. The van der Waals surface area contributed by atoms with Crippen LogP contribution in [0.3, 0.4) is 0 Å². The van der Waals surface area contributed by atoms with Crippen LogP contribution < -0.4 is 20.0 Å². The van der Waals surface area contributed by atoms with E-state index < -0.39 is 17.7 Å². The lowest BCUT2D eigenvalue weighted by Crippen LogP contribution is -2.44. The Balaban J connectivity index is 0.000000164. The van der Waals surface area contributed by atoms with Gasteiger partial charge in [-0.05, 0) is 85.3 Å². The Morgan fingerprint density at radius 3 is 2.09 bits per heavy atom. The zero-order valence-electron chi connectivity index (χ0n) is 25.5.